The minimum atomic E-state index is -5.26. The minimum Gasteiger partial charge on any atom is -0.360 e. The van der Waals surface area contributed by atoms with Crippen LogP contribution in [0, 0.1) is 0 Å². The first-order chi connectivity index (χ1) is 22.0. The van der Waals surface area contributed by atoms with Crippen LogP contribution in [-0.4, -0.2) is 72.8 Å². The number of hydroxylamine groups is 2. The lowest BCUT2D eigenvalue weighted by Gasteiger charge is -2.37. The number of amides is 2. The van der Waals surface area contributed by atoms with E-state index < -0.39 is 36.0 Å². The quantitative estimate of drug-likeness (QED) is 0.275. The molecule has 0 saturated carbocycles. The maximum atomic E-state index is 13.4. The van der Waals surface area contributed by atoms with E-state index in [0.29, 0.717) is 22.7 Å². The molecule has 1 aliphatic rings. The number of benzene rings is 2. The van der Waals surface area contributed by atoms with Crippen molar-refractivity contribution in [2.24, 2.45) is 0 Å². The molecule has 5 rings (SSSR count). The van der Waals surface area contributed by atoms with Crippen molar-refractivity contribution in [1.82, 2.24) is 40.9 Å². The fraction of sp³-hybridized carbons (Fsp3) is 0.300. The van der Waals surface area contributed by atoms with Gasteiger partial charge >= 0.3 is 12.1 Å². The van der Waals surface area contributed by atoms with Crippen molar-refractivity contribution in [2.45, 2.75) is 50.5 Å². The van der Waals surface area contributed by atoms with E-state index in [1.807, 2.05) is 36.4 Å². The number of aromatic nitrogens is 5. The molecule has 0 radical (unpaired) electrons. The average Bonchev–Trinajstić information content (AvgIpc) is 3.59. The summed E-state index contributed by atoms with van der Waals surface area (Å²) in [6.45, 7) is 1.30. The third-order valence-corrected chi connectivity index (χ3v) is 7.74. The van der Waals surface area contributed by atoms with Crippen molar-refractivity contribution in [3.63, 3.8) is 0 Å². The van der Waals surface area contributed by atoms with Crippen LogP contribution in [0.15, 0.2) is 73.3 Å². The Labute approximate surface area is 265 Å². The molecule has 0 unspecified atom stereocenters. The Hall–Kier alpha value is -4.89. The van der Waals surface area contributed by atoms with Gasteiger partial charge in [0, 0.05) is 30.5 Å². The molecule has 46 heavy (non-hydrogen) atoms. The van der Waals surface area contributed by atoms with Gasteiger partial charge in [-0.2, -0.15) is 13.2 Å². The largest absolute Gasteiger partial charge is 0.492 e. The maximum Gasteiger partial charge on any atom is 0.492 e. The van der Waals surface area contributed by atoms with E-state index in [-0.39, 0.29) is 25.4 Å². The summed E-state index contributed by atoms with van der Waals surface area (Å²) >= 11 is 6.14. The van der Waals surface area contributed by atoms with E-state index >= 15 is 0 Å². The number of alkyl halides is 3. The zero-order valence-corrected chi connectivity index (χ0v) is 25.1. The van der Waals surface area contributed by atoms with Gasteiger partial charge < -0.3 is 15.5 Å². The van der Waals surface area contributed by atoms with Crippen LogP contribution >= 0.6 is 11.6 Å². The van der Waals surface area contributed by atoms with Crippen LogP contribution in [0.2, 0.25) is 5.02 Å². The van der Waals surface area contributed by atoms with Crippen molar-refractivity contribution in [3.8, 4) is 16.8 Å². The first kappa shape index (κ1) is 32.5. The molecule has 1 saturated heterocycles. The predicted molar refractivity (Wildman–Crippen MR) is 158 cm³/mol. The second-order valence-electron chi connectivity index (χ2n) is 10.6. The molecule has 2 aromatic heterocycles. The molecule has 240 valence electrons. The van der Waals surface area contributed by atoms with E-state index in [1.165, 1.54) is 17.9 Å². The predicted octanol–water partition coefficient (Wildman–Crippen LogP) is 3.77. The third kappa shape index (κ3) is 7.84. The van der Waals surface area contributed by atoms with E-state index in [4.69, 9.17) is 11.6 Å². The molecule has 12 nitrogen and oxygen atoms in total. The maximum absolute atomic E-state index is 13.4. The molecule has 4 aromatic rings. The Morgan fingerprint density at radius 2 is 1.89 bits per heavy atom. The fourth-order valence-corrected chi connectivity index (χ4v) is 5.33. The van der Waals surface area contributed by atoms with Crippen molar-refractivity contribution in [2.75, 3.05) is 6.54 Å². The summed E-state index contributed by atoms with van der Waals surface area (Å²) in [5, 5.41) is 17.5. The summed E-state index contributed by atoms with van der Waals surface area (Å²) < 4.78 is 40.6. The zero-order valence-electron chi connectivity index (χ0n) is 24.3. The number of carbonyl (C=O) groups excluding carboxylic acids is 3. The molecule has 2 amide bonds. The molecule has 3 heterocycles. The molecule has 1 aliphatic heterocycles. The number of halogens is 4. The molecular formula is C30H28ClF3N8O4. The monoisotopic (exact) mass is 656 g/mol. The van der Waals surface area contributed by atoms with Crippen molar-refractivity contribution in [1.29, 1.82) is 0 Å². The van der Waals surface area contributed by atoms with Crippen LogP contribution < -0.4 is 10.6 Å². The normalized spacial score (nSPS) is 17.6. The third-order valence-electron chi connectivity index (χ3n) is 7.51. The molecular weight excluding hydrogens is 629 g/mol. The molecule has 2 aromatic carbocycles. The summed E-state index contributed by atoms with van der Waals surface area (Å²) in [4.78, 5) is 46.9. The Kier molecular flexibility index (Phi) is 9.92. The zero-order chi connectivity index (χ0) is 32.8. The Morgan fingerprint density at radius 1 is 1.11 bits per heavy atom. The van der Waals surface area contributed by atoms with Crippen molar-refractivity contribution in [3.05, 3.63) is 89.5 Å². The Bertz CT molecular complexity index is 1670. The number of carbonyl (C=O) groups is 3. The lowest BCUT2D eigenvalue weighted by Crippen LogP contribution is -2.55. The molecule has 3 atom stereocenters. The number of piperidine rings is 1. The summed E-state index contributed by atoms with van der Waals surface area (Å²) in [6.07, 6.45) is -0.130. The van der Waals surface area contributed by atoms with Crippen molar-refractivity contribution >= 4 is 29.4 Å². The van der Waals surface area contributed by atoms with Crippen LogP contribution in [0.3, 0.4) is 0 Å². The van der Waals surface area contributed by atoms with E-state index in [0.717, 1.165) is 21.8 Å². The van der Waals surface area contributed by atoms with Gasteiger partial charge in [-0.05, 0) is 82.6 Å². The number of pyridine rings is 1. The molecule has 16 heteroatoms. The van der Waals surface area contributed by atoms with Gasteiger partial charge in [-0.3, -0.25) is 14.6 Å². The van der Waals surface area contributed by atoms with Gasteiger partial charge in [0.2, 0.25) is 11.8 Å². The second-order valence-corrected chi connectivity index (χ2v) is 11.0. The van der Waals surface area contributed by atoms with Gasteiger partial charge in [0.05, 0.1) is 5.69 Å². The second kappa shape index (κ2) is 14.0. The minimum absolute atomic E-state index is 0.00462. The van der Waals surface area contributed by atoms with Crippen LogP contribution in [0.25, 0.3) is 16.8 Å². The molecule has 2 N–H and O–H groups in total. The van der Waals surface area contributed by atoms with Crippen LogP contribution in [0.1, 0.15) is 36.8 Å². The van der Waals surface area contributed by atoms with Gasteiger partial charge in [-0.25, -0.2) is 9.48 Å². The highest BCUT2D eigenvalue weighted by atomic mass is 35.5. The highest BCUT2D eigenvalue weighted by molar-refractivity contribution is 6.30. The summed E-state index contributed by atoms with van der Waals surface area (Å²) in [5.74, 6) is -4.02. The average molecular weight is 657 g/mol. The lowest BCUT2D eigenvalue weighted by molar-refractivity contribution is -0.249. The smallest absolute Gasteiger partial charge is 0.360 e. The van der Waals surface area contributed by atoms with Crippen molar-refractivity contribution < 1.29 is 32.4 Å². The number of rotatable bonds is 9. The van der Waals surface area contributed by atoms with Gasteiger partial charge in [0.25, 0.3) is 0 Å². The van der Waals surface area contributed by atoms with Crippen LogP contribution in [-0.2, 0) is 25.8 Å². The summed E-state index contributed by atoms with van der Waals surface area (Å²) in [5.41, 5.74) is 3.84. The topological polar surface area (TPSA) is 144 Å². The van der Waals surface area contributed by atoms with Gasteiger partial charge in [0.15, 0.2) is 0 Å². The van der Waals surface area contributed by atoms with E-state index in [2.05, 4.69) is 36.0 Å². The fourth-order valence-electron chi connectivity index (χ4n) is 5.13. The van der Waals surface area contributed by atoms with Crippen LogP contribution in [0.4, 0.5) is 13.2 Å². The Balaban J connectivity index is 1.27. The van der Waals surface area contributed by atoms with Gasteiger partial charge in [0.1, 0.15) is 18.4 Å². The number of hydrogen-bond acceptors (Lipinski definition) is 9. The summed E-state index contributed by atoms with van der Waals surface area (Å²) in [7, 11) is 0. The SMILES string of the molecule is C[C@H](NC(=O)[C@H]1C[C@@H](c2ccc(-c3cccnc3)cc2)CCN1OC(=O)C(F)(F)F)C(=O)NCc1cc(Cl)ccc1-n1cnnn1. The highest BCUT2D eigenvalue weighted by Gasteiger charge is 2.45. The number of hydrogen-bond donors (Lipinski definition) is 2. The van der Waals surface area contributed by atoms with Gasteiger partial charge in [-0.1, -0.05) is 41.9 Å². The lowest BCUT2D eigenvalue weighted by atomic mass is 9.85. The number of nitrogens with one attached hydrogen (secondary N) is 2. The molecule has 0 spiro atoms. The summed E-state index contributed by atoms with van der Waals surface area (Å²) in [6, 6.07) is 13.8. The van der Waals surface area contributed by atoms with Crippen LogP contribution in [0.5, 0.6) is 0 Å². The molecule has 0 aliphatic carbocycles. The first-order valence-electron chi connectivity index (χ1n) is 14.2. The highest BCUT2D eigenvalue weighted by Crippen LogP contribution is 2.34. The number of tetrazole rings is 1. The standard InChI is InChI=1S/C30H28ClF3N8O4/c1-18(27(43)36-16-23-13-24(31)8-9-25(23)41-17-37-39-40-41)38-28(44)26-14-21(10-12-42(26)46-29(45)30(32,33)34)19-4-6-20(7-5-19)22-3-2-11-35-15-22/h2-9,11,13,15,17-18,21,26H,10,12,14,16H2,1H3,(H,36,43)(H,38,44)/t18-,21-,26+/m0/s1. The molecule has 0 bridgehead atoms. The van der Waals surface area contributed by atoms with E-state index in [1.54, 1.807) is 30.6 Å². The number of nitrogens with zero attached hydrogens (tertiary/aromatic N) is 6. The first-order valence-corrected chi connectivity index (χ1v) is 14.5. The Morgan fingerprint density at radius 3 is 2.57 bits per heavy atom. The van der Waals surface area contributed by atoms with Gasteiger partial charge in [-0.15, -0.1) is 10.2 Å². The van der Waals surface area contributed by atoms with E-state index in [9.17, 15) is 27.6 Å². The molecule has 1 fully saturated rings.